The van der Waals surface area contributed by atoms with Gasteiger partial charge in [0.2, 0.25) is 0 Å². The molecule has 0 radical (unpaired) electrons. The molecule has 0 aromatic rings. The molecule has 0 aromatic carbocycles. The molecule has 1 rings (SSSR count). The molecule has 65 heavy (non-hydrogen) atoms. The Bertz CT molecular complexity index is 1380. The Morgan fingerprint density at radius 2 is 0.969 bits per heavy atom. The van der Waals surface area contributed by atoms with Gasteiger partial charge in [0.25, 0.3) is 10.1 Å². The summed E-state index contributed by atoms with van der Waals surface area (Å²) in [5, 5.41) is 31.0. The van der Waals surface area contributed by atoms with Gasteiger partial charge in [-0.15, -0.1) is 0 Å². The van der Waals surface area contributed by atoms with Crippen LogP contribution in [0.25, 0.3) is 0 Å². The minimum absolute atomic E-state index is 0.138. The van der Waals surface area contributed by atoms with Crippen molar-refractivity contribution in [2.75, 3.05) is 19.0 Å². The molecule has 12 nitrogen and oxygen atoms in total. The van der Waals surface area contributed by atoms with Crippen LogP contribution in [-0.2, 0) is 38.7 Å². The lowest BCUT2D eigenvalue weighted by molar-refractivity contribution is -0.297. The second-order valence-corrected chi connectivity index (χ2v) is 19.4. The molecule has 378 valence electrons. The summed E-state index contributed by atoms with van der Waals surface area (Å²) < 4.78 is 54.2. The molecule has 0 amide bonds. The summed E-state index contributed by atoms with van der Waals surface area (Å²) in [6.45, 7) is 3.63. The number of esters is 2. The third kappa shape index (κ3) is 36.3. The highest BCUT2D eigenvalue weighted by Gasteiger charge is 2.46. The van der Waals surface area contributed by atoms with Gasteiger partial charge in [-0.05, 0) is 32.1 Å². The Morgan fingerprint density at radius 3 is 1.45 bits per heavy atom. The zero-order valence-corrected chi connectivity index (χ0v) is 41.4. The average Bonchev–Trinajstić information content (AvgIpc) is 3.27. The molecular weight excluding hydrogens is 849 g/mol. The van der Waals surface area contributed by atoms with Crippen molar-refractivity contribution in [3.63, 3.8) is 0 Å². The van der Waals surface area contributed by atoms with Gasteiger partial charge in [0, 0.05) is 12.8 Å². The molecule has 1 heterocycles. The van der Waals surface area contributed by atoms with Gasteiger partial charge in [-0.25, -0.2) is 0 Å². The fourth-order valence-electron chi connectivity index (χ4n) is 7.81. The van der Waals surface area contributed by atoms with Crippen molar-refractivity contribution in [2.24, 2.45) is 0 Å². The molecule has 0 aliphatic carbocycles. The van der Waals surface area contributed by atoms with E-state index in [2.05, 4.69) is 26.0 Å². The summed E-state index contributed by atoms with van der Waals surface area (Å²) >= 11 is 0. The normalized spacial score (nSPS) is 19.9. The van der Waals surface area contributed by atoms with E-state index in [0.717, 1.165) is 57.8 Å². The van der Waals surface area contributed by atoms with E-state index in [4.69, 9.17) is 18.9 Å². The smallest absolute Gasteiger partial charge is 0.306 e. The highest BCUT2D eigenvalue weighted by Crippen LogP contribution is 2.24. The van der Waals surface area contributed by atoms with Gasteiger partial charge in [0.1, 0.15) is 36.8 Å². The number of aliphatic hydroxyl groups is 3. The van der Waals surface area contributed by atoms with Crippen LogP contribution in [0.15, 0.2) is 48.6 Å². The van der Waals surface area contributed by atoms with E-state index in [1.165, 1.54) is 116 Å². The largest absolute Gasteiger partial charge is 0.462 e. The maximum atomic E-state index is 12.8. The summed E-state index contributed by atoms with van der Waals surface area (Å²) in [5.41, 5.74) is 0. The van der Waals surface area contributed by atoms with E-state index in [0.29, 0.717) is 12.8 Å². The Kier molecular flexibility index (Phi) is 39.0. The number of hydrogen-bond donors (Lipinski definition) is 4. The average molecular weight is 941 g/mol. The number of unbranched alkanes of at least 4 members (excludes halogenated alkanes) is 26. The van der Waals surface area contributed by atoms with E-state index < -0.39 is 71.2 Å². The van der Waals surface area contributed by atoms with Gasteiger partial charge in [0.15, 0.2) is 12.4 Å². The van der Waals surface area contributed by atoms with Crippen molar-refractivity contribution in [1.29, 1.82) is 0 Å². The zero-order valence-electron chi connectivity index (χ0n) is 40.6. The van der Waals surface area contributed by atoms with Crippen LogP contribution in [0.5, 0.6) is 0 Å². The first-order valence-electron chi connectivity index (χ1n) is 25.7. The van der Waals surface area contributed by atoms with Crippen molar-refractivity contribution in [3.05, 3.63) is 48.6 Å². The number of carbonyl (C=O) groups excluding carboxylic acids is 2. The topological polar surface area (TPSA) is 186 Å². The summed E-state index contributed by atoms with van der Waals surface area (Å²) in [6, 6.07) is 0. The quantitative estimate of drug-likeness (QED) is 0.0196. The highest BCUT2D eigenvalue weighted by molar-refractivity contribution is 7.85. The van der Waals surface area contributed by atoms with Crippen LogP contribution in [0.1, 0.15) is 213 Å². The molecule has 0 spiro atoms. The SMILES string of the molecule is CC/C=C/C=C/C=C/C=C/CCCCCCCC(=O)O[C@H](COC(=O)CCCCCCCCCCCCCCCCCCCCCCCC)CO[C@H]1O[C@H](CS(=O)(=O)O)[C@@H](O)C(O)C1O. The molecular formula is C52H92O12S. The van der Waals surface area contributed by atoms with Crippen molar-refractivity contribution < 1.29 is 56.8 Å². The van der Waals surface area contributed by atoms with Crippen molar-refractivity contribution in [3.8, 4) is 0 Å². The summed E-state index contributed by atoms with van der Waals surface area (Å²) in [7, 11) is -4.61. The number of hydrogen-bond acceptors (Lipinski definition) is 11. The number of allylic oxidation sites excluding steroid dienone is 8. The Hall–Kier alpha value is -2.39. The molecule has 13 heteroatoms. The van der Waals surface area contributed by atoms with Crippen LogP contribution < -0.4 is 0 Å². The van der Waals surface area contributed by atoms with Gasteiger partial charge < -0.3 is 34.3 Å². The lowest BCUT2D eigenvalue weighted by Crippen LogP contribution is -2.60. The first-order chi connectivity index (χ1) is 31.5. The van der Waals surface area contributed by atoms with Crippen LogP contribution in [0, 0.1) is 0 Å². The Morgan fingerprint density at radius 1 is 0.538 bits per heavy atom. The standard InChI is InChI=1S/C52H92O12S/c1-3-5-7-9-11-13-15-17-19-20-21-22-23-24-25-27-28-30-32-34-36-38-40-47(53)61-42-45(43-62-52-51(57)50(56)49(55)46(64-52)44-65(58,59)60)63-48(54)41-39-37-35-33-31-29-26-18-16-14-12-10-8-6-4-2/h6,8,10,12,14,16,18,26,45-46,49-52,55-57H,3-5,7,9,11,13,15,17,19-25,27-44H2,1-2H3,(H,58,59,60)/b8-6+,12-10+,16-14+,26-18+/t45-,46-,49-,50?,51?,52+/m1/s1. The van der Waals surface area contributed by atoms with Crippen LogP contribution in [-0.4, -0.2) is 96.0 Å². The Balaban J connectivity index is 2.35. The number of ether oxygens (including phenoxy) is 4. The second-order valence-electron chi connectivity index (χ2n) is 17.9. The maximum Gasteiger partial charge on any atom is 0.306 e. The first kappa shape index (κ1) is 60.6. The number of rotatable bonds is 43. The summed E-state index contributed by atoms with van der Waals surface area (Å²) in [6.07, 6.45) is 41.6. The predicted octanol–water partition coefficient (Wildman–Crippen LogP) is 11.5. The van der Waals surface area contributed by atoms with Gasteiger partial charge in [0.05, 0.1) is 6.61 Å². The van der Waals surface area contributed by atoms with Crippen molar-refractivity contribution in [1.82, 2.24) is 0 Å². The second kappa shape index (κ2) is 41.8. The minimum Gasteiger partial charge on any atom is -0.462 e. The highest BCUT2D eigenvalue weighted by atomic mass is 32.2. The first-order valence-corrected chi connectivity index (χ1v) is 27.4. The molecule has 1 fully saturated rings. The van der Waals surface area contributed by atoms with E-state index in [1.807, 2.05) is 36.5 Å². The third-order valence-corrected chi connectivity index (χ3v) is 12.5. The molecule has 4 N–H and O–H groups in total. The minimum atomic E-state index is -4.61. The molecule has 0 bridgehead atoms. The fourth-order valence-corrected chi connectivity index (χ4v) is 8.50. The van der Waals surface area contributed by atoms with E-state index in [1.54, 1.807) is 0 Å². The zero-order chi connectivity index (χ0) is 47.6. The fraction of sp³-hybridized carbons (Fsp3) is 0.808. The molecule has 1 aliphatic rings. The van der Waals surface area contributed by atoms with Crippen LogP contribution in [0.2, 0.25) is 0 Å². The van der Waals surface area contributed by atoms with E-state index >= 15 is 0 Å². The van der Waals surface area contributed by atoms with E-state index in [-0.39, 0.29) is 19.4 Å². The predicted molar refractivity (Wildman–Crippen MR) is 261 cm³/mol. The Labute approximate surface area is 394 Å². The van der Waals surface area contributed by atoms with Crippen molar-refractivity contribution in [2.45, 2.75) is 250 Å². The van der Waals surface area contributed by atoms with E-state index in [9.17, 15) is 37.9 Å². The molecule has 0 saturated carbocycles. The van der Waals surface area contributed by atoms with Gasteiger partial charge in [-0.2, -0.15) is 8.42 Å². The number of carbonyl (C=O) groups is 2. The molecule has 2 unspecified atom stereocenters. The third-order valence-electron chi connectivity index (χ3n) is 11.8. The van der Waals surface area contributed by atoms with Gasteiger partial charge in [-0.1, -0.05) is 217 Å². The lowest BCUT2D eigenvalue weighted by Gasteiger charge is -2.40. The summed E-state index contributed by atoms with van der Waals surface area (Å²) in [5.74, 6) is -2.01. The molecule has 0 aromatic heterocycles. The van der Waals surface area contributed by atoms with Crippen LogP contribution in [0.3, 0.4) is 0 Å². The molecule has 6 atom stereocenters. The molecule has 1 saturated heterocycles. The van der Waals surface area contributed by atoms with Crippen LogP contribution in [0.4, 0.5) is 0 Å². The van der Waals surface area contributed by atoms with Crippen LogP contribution >= 0.6 is 0 Å². The van der Waals surface area contributed by atoms with Gasteiger partial charge >= 0.3 is 11.9 Å². The number of aliphatic hydroxyl groups excluding tert-OH is 3. The van der Waals surface area contributed by atoms with Gasteiger partial charge in [-0.3, -0.25) is 14.1 Å². The monoisotopic (exact) mass is 941 g/mol. The summed E-state index contributed by atoms with van der Waals surface area (Å²) in [4.78, 5) is 25.5. The maximum absolute atomic E-state index is 12.8. The van der Waals surface area contributed by atoms with Crippen molar-refractivity contribution >= 4 is 22.1 Å². The molecule has 1 aliphatic heterocycles. The lowest BCUT2D eigenvalue weighted by atomic mass is 10.00.